The molecule has 0 aliphatic carbocycles. The van der Waals surface area contributed by atoms with Crippen LogP contribution < -0.4 is 11.3 Å². The molecule has 2 aromatic carbocycles. The zero-order valence-corrected chi connectivity index (χ0v) is 14.0. The highest BCUT2D eigenvalue weighted by molar-refractivity contribution is 6.17. The molecule has 0 fully saturated rings. The number of ketones is 1. The minimum atomic E-state index is -0.192. The van der Waals surface area contributed by atoms with E-state index in [1.807, 2.05) is 32.9 Å². The molecule has 0 aliphatic heterocycles. The molecule has 1 heterocycles. The number of H-pyrrole nitrogens is 1. The van der Waals surface area contributed by atoms with Gasteiger partial charge in [0.05, 0.1) is 0 Å². The van der Waals surface area contributed by atoms with Gasteiger partial charge in [0.2, 0.25) is 0 Å². The Kier molecular flexibility index (Phi) is 4.08. The van der Waals surface area contributed by atoms with Crippen LogP contribution in [0.3, 0.4) is 0 Å². The lowest BCUT2D eigenvalue weighted by molar-refractivity contribution is 0.103. The minimum absolute atomic E-state index is 0.0797. The second kappa shape index (κ2) is 6.06. The lowest BCUT2D eigenvalue weighted by Crippen LogP contribution is -2.12. The van der Waals surface area contributed by atoms with Gasteiger partial charge in [0.15, 0.2) is 5.78 Å². The summed E-state index contributed by atoms with van der Waals surface area (Å²) in [7, 11) is 0. The third-order valence-corrected chi connectivity index (χ3v) is 4.62. The number of pyridine rings is 1. The van der Waals surface area contributed by atoms with E-state index >= 15 is 0 Å². The molecule has 3 rings (SSSR count). The summed E-state index contributed by atoms with van der Waals surface area (Å²) in [6.07, 6.45) is 1.57. The zero-order valence-electron chi connectivity index (χ0n) is 14.0. The number of carbonyl (C=O) groups is 1. The molecule has 1 aromatic heterocycles. The molecule has 0 spiro atoms. The van der Waals surface area contributed by atoms with Crippen LogP contribution in [0.25, 0.3) is 10.8 Å². The van der Waals surface area contributed by atoms with Crippen molar-refractivity contribution >= 4 is 16.6 Å². The first-order valence-corrected chi connectivity index (χ1v) is 7.92. The van der Waals surface area contributed by atoms with Crippen LogP contribution in [-0.4, -0.2) is 10.8 Å². The molecule has 0 radical (unpaired) electrons. The summed E-state index contributed by atoms with van der Waals surface area (Å²) in [5, 5.41) is 1.18. The third-order valence-electron chi connectivity index (χ3n) is 4.62. The molecular weight excluding hydrogens is 300 g/mol. The number of rotatable bonds is 3. The van der Waals surface area contributed by atoms with Gasteiger partial charge in [0.1, 0.15) is 0 Å². The lowest BCUT2D eigenvalue weighted by atomic mass is 9.90. The molecule has 0 saturated carbocycles. The highest BCUT2D eigenvalue weighted by atomic mass is 16.1. The molecule has 1 atom stereocenters. The molecule has 4 nitrogen and oxygen atoms in total. The monoisotopic (exact) mass is 320 g/mol. The summed E-state index contributed by atoms with van der Waals surface area (Å²) < 4.78 is 0. The summed E-state index contributed by atoms with van der Waals surface area (Å²) in [5.41, 5.74) is 9.98. The number of nitrogens with two attached hydrogens (primary N) is 1. The number of nitrogens with one attached hydrogen (secondary N) is 1. The van der Waals surface area contributed by atoms with Gasteiger partial charge < -0.3 is 10.7 Å². The van der Waals surface area contributed by atoms with Crippen molar-refractivity contribution in [3.8, 4) is 0 Å². The standard InChI is InChI=1S/C20H20N2O2/c1-11-12(2)15(8-7-14(11)13(3)21)19(23)17-5-4-6-18-16(17)9-10-22-20(18)24/h4-10,13H,21H2,1-3H3,(H,22,24). The van der Waals surface area contributed by atoms with Crippen LogP contribution in [0.1, 0.15) is 45.6 Å². The molecule has 0 bridgehead atoms. The Morgan fingerprint density at radius 1 is 1.00 bits per heavy atom. The summed E-state index contributed by atoms with van der Waals surface area (Å²) in [5.74, 6) is -0.0805. The van der Waals surface area contributed by atoms with Crippen molar-refractivity contribution < 1.29 is 4.79 Å². The van der Waals surface area contributed by atoms with E-state index in [9.17, 15) is 9.59 Å². The van der Waals surface area contributed by atoms with Crippen LogP contribution in [0, 0.1) is 13.8 Å². The summed E-state index contributed by atoms with van der Waals surface area (Å²) >= 11 is 0. The Hall–Kier alpha value is -2.72. The fourth-order valence-corrected chi connectivity index (χ4v) is 3.15. The maximum absolute atomic E-state index is 13.1. The number of carbonyl (C=O) groups excluding carboxylic acids is 1. The Morgan fingerprint density at radius 2 is 1.75 bits per heavy atom. The molecule has 0 saturated heterocycles. The van der Waals surface area contributed by atoms with Gasteiger partial charge in [-0.05, 0) is 55.0 Å². The Morgan fingerprint density at radius 3 is 2.46 bits per heavy atom. The predicted molar refractivity (Wildman–Crippen MR) is 96.5 cm³/mol. The molecule has 3 aromatic rings. The highest BCUT2D eigenvalue weighted by Gasteiger charge is 2.18. The number of fused-ring (bicyclic) bond motifs is 1. The second-order valence-electron chi connectivity index (χ2n) is 6.14. The van der Waals surface area contributed by atoms with E-state index in [-0.39, 0.29) is 17.4 Å². The highest BCUT2D eigenvalue weighted by Crippen LogP contribution is 2.26. The first-order chi connectivity index (χ1) is 11.4. The van der Waals surface area contributed by atoms with E-state index in [0.717, 1.165) is 16.7 Å². The quantitative estimate of drug-likeness (QED) is 0.726. The van der Waals surface area contributed by atoms with E-state index in [1.165, 1.54) is 0 Å². The Bertz CT molecular complexity index is 1000. The maximum Gasteiger partial charge on any atom is 0.255 e. The van der Waals surface area contributed by atoms with Gasteiger partial charge in [-0.25, -0.2) is 0 Å². The van der Waals surface area contributed by atoms with Crippen molar-refractivity contribution in [3.05, 3.63) is 80.8 Å². The van der Waals surface area contributed by atoms with Crippen LogP contribution >= 0.6 is 0 Å². The molecule has 0 amide bonds. The van der Waals surface area contributed by atoms with Crippen LogP contribution in [0.5, 0.6) is 0 Å². The van der Waals surface area contributed by atoms with Gasteiger partial charge in [-0.15, -0.1) is 0 Å². The molecular formula is C20H20N2O2. The molecule has 122 valence electrons. The predicted octanol–water partition coefficient (Wildman–Crippen LogP) is 3.40. The number of benzene rings is 2. The van der Waals surface area contributed by atoms with Crippen molar-refractivity contribution in [1.29, 1.82) is 0 Å². The van der Waals surface area contributed by atoms with Gasteiger partial charge in [0.25, 0.3) is 5.56 Å². The van der Waals surface area contributed by atoms with Gasteiger partial charge in [-0.2, -0.15) is 0 Å². The number of hydrogen-bond donors (Lipinski definition) is 2. The second-order valence-corrected chi connectivity index (χ2v) is 6.14. The van der Waals surface area contributed by atoms with Crippen LogP contribution in [0.4, 0.5) is 0 Å². The van der Waals surface area contributed by atoms with Crippen molar-refractivity contribution in [2.24, 2.45) is 5.73 Å². The first kappa shape index (κ1) is 16.1. The normalized spacial score (nSPS) is 12.3. The van der Waals surface area contributed by atoms with Gasteiger partial charge >= 0.3 is 0 Å². The number of aromatic amines is 1. The summed E-state index contributed by atoms with van der Waals surface area (Å²) in [4.78, 5) is 27.7. The average Bonchev–Trinajstić information content (AvgIpc) is 2.56. The van der Waals surface area contributed by atoms with E-state index < -0.39 is 0 Å². The zero-order chi connectivity index (χ0) is 17.4. The van der Waals surface area contributed by atoms with Gasteiger partial charge in [-0.3, -0.25) is 9.59 Å². The lowest BCUT2D eigenvalue weighted by Gasteiger charge is -2.15. The van der Waals surface area contributed by atoms with Gasteiger partial charge in [-0.1, -0.05) is 24.3 Å². The third kappa shape index (κ3) is 2.55. The molecule has 4 heteroatoms. The first-order valence-electron chi connectivity index (χ1n) is 7.92. The van der Waals surface area contributed by atoms with Gasteiger partial charge in [0, 0.05) is 28.8 Å². The van der Waals surface area contributed by atoms with Crippen molar-refractivity contribution in [1.82, 2.24) is 4.98 Å². The average molecular weight is 320 g/mol. The van der Waals surface area contributed by atoms with Crippen LogP contribution in [-0.2, 0) is 0 Å². The van der Waals surface area contributed by atoms with Crippen molar-refractivity contribution in [2.75, 3.05) is 0 Å². The van der Waals surface area contributed by atoms with Crippen LogP contribution in [0.2, 0.25) is 0 Å². The van der Waals surface area contributed by atoms with Crippen LogP contribution in [0.15, 0.2) is 47.4 Å². The molecule has 24 heavy (non-hydrogen) atoms. The van der Waals surface area contributed by atoms with Crippen molar-refractivity contribution in [2.45, 2.75) is 26.8 Å². The SMILES string of the molecule is Cc1c(C(=O)c2cccc3c(=O)[nH]ccc23)ccc(C(C)N)c1C. The number of hydrogen-bond acceptors (Lipinski definition) is 3. The van der Waals surface area contributed by atoms with E-state index in [2.05, 4.69) is 4.98 Å². The maximum atomic E-state index is 13.1. The topological polar surface area (TPSA) is 76.0 Å². The largest absolute Gasteiger partial charge is 0.329 e. The summed E-state index contributed by atoms with van der Waals surface area (Å²) in [6, 6.07) is 10.7. The molecule has 0 aliphatic rings. The molecule has 3 N–H and O–H groups in total. The Labute approximate surface area is 140 Å². The summed E-state index contributed by atoms with van der Waals surface area (Å²) in [6.45, 7) is 5.85. The fraction of sp³-hybridized carbons (Fsp3) is 0.200. The Balaban J connectivity index is 2.19. The minimum Gasteiger partial charge on any atom is -0.329 e. The number of aromatic nitrogens is 1. The van der Waals surface area contributed by atoms with E-state index in [0.29, 0.717) is 21.9 Å². The molecule has 1 unspecified atom stereocenters. The fourth-order valence-electron chi connectivity index (χ4n) is 3.15. The van der Waals surface area contributed by atoms with E-state index in [4.69, 9.17) is 5.73 Å². The smallest absolute Gasteiger partial charge is 0.255 e. The van der Waals surface area contributed by atoms with Crippen molar-refractivity contribution in [3.63, 3.8) is 0 Å². The van der Waals surface area contributed by atoms with E-state index in [1.54, 1.807) is 30.5 Å².